The van der Waals surface area contributed by atoms with Gasteiger partial charge in [0.2, 0.25) is 5.91 Å². The third-order valence-electron chi connectivity index (χ3n) is 3.47. The van der Waals surface area contributed by atoms with Crippen molar-refractivity contribution in [2.24, 2.45) is 0 Å². The van der Waals surface area contributed by atoms with Crippen LogP contribution in [0.15, 0.2) is 65.1 Å². The highest BCUT2D eigenvalue weighted by Crippen LogP contribution is 2.19. The normalized spacial score (nSPS) is 11.2. The first-order valence-corrected chi connectivity index (χ1v) is 7.40. The molecular formula is C19H16FNO2. The summed E-state index contributed by atoms with van der Waals surface area (Å²) in [6, 6.07) is 15.8. The molecule has 1 N–H and O–H groups in total. The molecule has 2 aromatic carbocycles. The highest BCUT2D eigenvalue weighted by Gasteiger charge is 2.01. The number of para-hydroxylation sites is 1. The van der Waals surface area contributed by atoms with Gasteiger partial charge in [-0.2, -0.15) is 0 Å². The van der Waals surface area contributed by atoms with Gasteiger partial charge in [0.05, 0.1) is 0 Å². The Bertz CT molecular complexity index is 801. The molecule has 0 bridgehead atoms. The van der Waals surface area contributed by atoms with Crippen LogP contribution in [-0.2, 0) is 11.2 Å². The van der Waals surface area contributed by atoms with Gasteiger partial charge in [0.15, 0.2) is 0 Å². The number of fused-ring (bicyclic) bond motifs is 1. The highest BCUT2D eigenvalue weighted by molar-refractivity contribution is 5.92. The Morgan fingerprint density at radius 2 is 1.91 bits per heavy atom. The smallest absolute Gasteiger partial charge is 0.244 e. The molecule has 0 aliphatic carbocycles. The summed E-state index contributed by atoms with van der Waals surface area (Å²) in [6.45, 7) is 0.495. The number of benzene rings is 2. The van der Waals surface area contributed by atoms with Crippen LogP contribution in [0.5, 0.6) is 0 Å². The summed E-state index contributed by atoms with van der Waals surface area (Å²) in [7, 11) is 0. The Morgan fingerprint density at radius 3 is 2.70 bits per heavy atom. The zero-order valence-corrected chi connectivity index (χ0v) is 12.5. The molecule has 3 nitrogen and oxygen atoms in total. The van der Waals surface area contributed by atoms with Gasteiger partial charge in [-0.05, 0) is 42.3 Å². The number of rotatable bonds is 5. The van der Waals surface area contributed by atoms with E-state index in [9.17, 15) is 9.18 Å². The van der Waals surface area contributed by atoms with Gasteiger partial charge in [0.25, 0.3) is 0 Å². The third-order valence-corrected chi connectivity index (χ3v) is 3.47. The molecule has 116 valence electrons. The third kappa shape index (κ3) is 4.07. The minimum absolute atomic E-state index is 0.187. The molecule has 0 spiro atoms. The van der Waals surface area contributed by atoms with E-state index in [0.29, 0.717) is 18.7 Å². The second-order valence-corrected chi connectivity index (χ2v) is 5.19. The number of hydrogen-bond acceptors (Lipinski definition) is 2. The monoisotopic (exact) mass is 309 g/mol. The molecule has 1 aromatic heterocycles. The summed E-state index contributed by atoms with van der Waals surface area (Å²) in [5, 5.41) is 3.79. The lowest BCUT2D eigenvalue weighted by Gasteiger charge is -2.02. The van der Waals surface area contributed by atoms with E-state index in [1.54, 1.807) is 18.2 Å². The van der Waals surface area contributed by atoms with E-state index in [4.69, 9.17) is 4.42 Å². The summed E-state index contributed by atoms with van der Waals surface area (Å²) < 4.78 is 18.4. The van der Waals surface area contributed by atoms with Crippen LogP contribution in [0, 0.1) is 5.82 Å². The lowest BCUT2D eigenvalue weighted by Crippen LogP contribution is -2.23. The average molecular weight is 309 g/mol. The van der Waals surface area contributed by atoms with E-state index < -0.39 is 0 Å². The van der Waals surface area contributed by atoms with Crippen molar-refractivity contribution in [3.63, 3.8) is 0 Å². The molecule has 0 aliphatic rings. The van der Waals surface area contributed by atoms with E-state index in [-0.39, 0.29) is 11.7 Å². The summed E-state index contributed by atoms with van der Waals surface area (Å²) in [5.74, 6) is 0.194. The Labute approximate surface area is 133 Å². The first kappa shape index (κ1) is 15.0. The van der Waals surface area contributed by atoms with Gasteiger partial charge in [-0.3, -0.25) is 4.79 Å². The van der Waals surface area contributed by atoms with Gasteiger partial charge in [-0.1, -0.05) is 30.3 Å². The molecule has 3 rings (SSSR count). The van der Waals surface area contributed by atoms with Crippen molar-refractivity contribution in [2.75, 3.05) is 6.54 Å². The summed E-state index contributed by atoms with van der Waals surface area (Å²) in [5.41, 5.74) is 1.77. The fourth-order valence-corrected chi connectivity index (χ4v) is 2.28. The van der Waals surface area contributed by atoms with E-state index in [1.807, 2.05) is 30.3 Å². The van der Waals surface area contributed by atoms with Gasteiger partial charge in [0, 0.05) is 18.0 Å². The predicted molar refractivity (Wildman–Crippen MR) is 88.4 cm³/mol. The fourth-order valence-electron chi connectivity index (χ4n) is 2.28. The Hall–Kier alpha value is -2.88. The number of carbonyl (C=O) groups excluding carboxylic acids is 1. The van der Waals surface area contributed by atoms with Crippen LogP contribution < -0.4 is 5.32 Å². The number of amides is 1. The van der Waals surface area contributed by atoms with E-state index in [1.165, 1.54) is 18.2 Å². The predicted octanol–water partition coefficient (Wildman–Crippen LogP) is 3.94. The zero-order chi connectivity index (χ0) is 16.1. The van der Waals surface area contributed by atoms with Crippen LogP contribution in [0.25, 0.3) is 17.0 Å². The second-order valence-electron chi connectivity index (χ2n) is 5.19. The molecule has 1 amide bonds. The molecular weight excluding hydrogens is 293 g/mol. The van der Waals surface area contributed by atoms with Crippen LogP contribution in [0.3, 0.4) is 0 Å². The van der Waals surface area contributed by atoms with Crippen molar-refractivity contribution in [1.29, 1.82) is 0 Å². The number of halogens is 1. The van der Waals surface area contributed by atoms with Gasteiger partial charge >= 0.3 is 0 Å². The zero-order valence-electron chi connectivity index (χ0n) is 12.5. The SMILES string of the molecule is O=C(/C=C/c1cc2ccccc2o1)NCCc1ccc(F)cc1. The van der Waals surface area contributed by atoms with Crippen LogP contribution in [0.1, 0.15) is 11.3 Å². The number of furan rings is 1. The van der Waals surface area contributed by atoms with Gasteiger partial charge in [-0.15, -0.1) is 0 Å². The molecule has 0 atom stereocenters. The summed E-state index contributed by atoms with van der Waals surface area (Å²) >= 11 is 0. The van der Waals surface area contributed by atoms with Crippen molar-refractivity contribution in [3.05, 3.63) is 77.8 Å². The number of carbonyl (C=O) groups is 1. The molecule has 4 heteroatoms. The van der Waals surface area contributed by atoms with Crippen LogP contribution in [0.4, 0.5) is 4.39 Å². The van der Waals surface area contributed by atoms with Crippen molar-refractivity contribution in [3.8, 4) is 0 Å². The van der Waals surface area contributed by atoms with E-state index >= 15 is 0 Å². The van der Waals surface area contributed by atoms with Crippen molar-refractivity contribution in [2.45, 2.75) is 6.42 Å². The van der Waals surface area contributed by atoms with Gasteiger partial charge in [-0.25, -0.2) is 4.39 Å². The average Bonchev–Trinajstić information content (AvgIpc) is 2.98. The first-order chi connectivity index (χ1) is 11.2. The fraction of sp³-hybridized carbons (Fsp3) is 0.105. The molecule has 0 radical (unpaired) electrons. The first-order valence-electron chi connectivity index (χ1n) is 7.40. The van der Waals surface area contributed by atoms with Crippen LogP contribution >= 0.6 is 0 Å². The van der Waals surface area contributed by atoms with Crippen molar-refractivity contribution >= 4 is 23.0 Å². The maximum absolute atomic E-state index is 12.8. The molecule has 0 aliphatic heterocycles. The largest absolute Gasteiger partial charge is 0.457 e. The molecule has 0 fully saturated rings. The molecule has 23 heavy (non-hydrogen) atoms. The standard InChI is InChI=1S/C19H16FNO2/c20-16-7-5-14(6-8-16)11-12-21-19(22)10-9-17-13-15-3-1-2-4-18(15)23-17/h1-10,13H,11-12H2,(H,21,22)/b10-9+. The second kappa shape index (κ2) is 6.92. The van der Waals surface area contributed by atoms with Gasteiger partial charge in [0.1, 0.15) is 17.2 Å². The van der Waals surface area contributed by atoms with E-state index in [0.717, 1.165) is 16.5 Å². The maximum atomic E-state index is 12.8. The van der Waals surface area contributed by atoms with Crippen molar-refractivity contribution < 1.29 is 13.6 Å². The summed E-state index contributed by atoms with van der Waals surface area (Å²) in [6.07, 6.45) is 3.75. The Balaban J connectivity index is 1.51. The summed E-state index contributed by atoms with van der Waals surface area (Å²) in [4.78, 5) is 11.8. The quantitative estimate of drug-likeness (QED) is 0.725. The van der Waals surface area contributed by atoms with Crippen LogP contribution in [0.2, 0.25) is 0 Å². The molecule has 3 aromatic rings. The Morgan fingerprint density at radius 1 is 1.13 bits per heavy atom. The highest BCUT2D eigenvalue weighted by atomic mass is 19.1. The molecule has 0 unspecified atom stereocenters. The lowest BCUT2D eigenvalue weighted by molar-refractivity contribution is -0.116. The molecule has 0 saturated heterocycles. The van der Waals surface area contributed by atoms with Gasteiger partial charge < -0.3 is 9.73 Å². The minimum Gasteiger partial charge on any atom is -0.457 e. The number of hydrogen-bond donors (Lipinski definition) is 1. The molecule has 0 saturated carbocycles. The minimum atomic E-state index is -0.258. The van der Waals surface area contributed by atoms with Crippen molar-refractivity contribution in [1.82, 2.24) is 5.32 Å². The molecule has 1 heterocycles. The number of nitrogens with one attached hydrogen (secondary N) is 1. The Kier molecular flexibility index (Phi) is 4.52. The maximum Gasteiger partial charge on any atom is 0.244 e. The van der Waals surface area contributed by atoms with E-state index in [2.05, 4.69) is 5.32 Å². The lowest BCUT2D eigenvalue weighted by atomic mass is 10.1. The topological polar surface area (TPSA) is 42.2 Å². The van der Waals surface area contributed by atoms with Crippen LogP contribution in [-0.4, -0.2) is 12.5 Å².